The summed E-state index contributed by atoms with van der Waals surface area (Å²) in [4.78, 5) is 15.7. The molecule has 8 nitrogen and oxygen atoms in total. The highest BCUT2D eigenvalue weighted by molar-refractivity contribution is 5.94. The maximum absolute atomic E-state index is 13.8. The molecule has 2 heterocycles. The van der Waals surface area contributed by atoms with Crippen LogP contribution in [0.2, 0.25) is 0 Å². The quantitative estimate of drug-likeness (QED) is 0.278. The molecule has 0 saturated heterocycles. The summed E-state index contributed by atoms with van der Waals surface area (Å²) in [7, 11) is 0. The van der Waals surface area contributed by atoms with Crippen LogP contribution >= 0.6 is 0 Å². The lowest BCUT2D eigenvalue weighted by Crippen LogP contribution is -2.51. The number of fused-ring (bicyclic) bond motifs is 3. The van der Waals surface area contributed by atoms with Crippen molar-refractivity contribution in [2.45, 2.75) is 107 Å². The normalized spacial score (nSPS) is 28.9. The lowest BCUT2D eigenvalue weighted by Gasteiger charge is -2.53. The number of amides is 1. The number of anilines is 1. The van der Waals surface area contributed by atoms with Crippen molar-refractivity contribution in [2.75, 3.05) is 11.4 Å². The van der Waals surface area contributed by atoms with E-state index in [1.165, 1.54) is 0 Å². The molecule has 0 unspecified atom stereocenters. The van der Waals surface area contributed by atoms with Crippen molar-refractivity contribution in [2.24, 2.45) is 11.3 Å². The van der Waals surface area contributed by atoms with Gasteiger partial charge in [0, 0.05) is 54.3 Å². The number of carbonyl (C=O) groups excluding carboxylic acids is 1. The Bertz CT molecular complexity index is 1440. The summed E-state index contributed by atoms with van der Waals surface area (Å²) in [6.07, 6.45) is 9.91. The highest BCUT2D eigenvalue weighted by atomic mass is 19.3. The van der Waals surface area contributed by atoms with E-state index < -0.39 is 5.92 Å². The molecule has 10 heteroatoms. The highest BCUT2D eigenvalue weighted by Crippen LogP contribution is 2.58. The maximum atomic E-state index is 13.8. The van der Waals surface area contributed by atoms with Crippen molar-refractivity contribution in [1.29, 1.82) is 0 Å². The van der Waals surface area contributed by atoms with Crippen LogP contribution in [0.15, 0.2) is 33.1 Å². The Hall–Kier alpha value is -3.17. The molecule has 3 aromatic rings. The zero-order chi connectivity index (χ0) is 27.8. The Balaban J connectivity index is 1.04. The van der Waals surface area contributed by atoms with Gasteiger partial charge in [0.15, 0.2) is 0 Å². The Labute approximate surface area is 237 Å². The molecule has 41 heavy (non-hydrogen) atoms. The molecule has 2 aromatic heterocycles. The topological polar surface area (TPSA) is 98.2 Å². The molecule has 0 aliphatic heterocycles. The third kappa shape index (κ3) is 4.77. The molecule has 0 N–H and O–H groups in total. The molecule has 216 valence electrons. The minimum atomic E-state index is -2.64. The van der Waals surface area contributed by atoms with Gasteiger partial charge >= 0.3 is 0 Å². The largest absolute Gasteiger partial charge is 0.424 e. The second kappa shape index (κ2) is 9.16. The first kappa shape index (κ1) is 25.5. The number of benzene rings is 1. The lowest BCUT2D eigenvalue weighted by molar-refractivity contribution is -0.132. The van der Waals surface area contributed by atoms with E-state index in [2.05, 4.69) is 20.4 Å². The van der Waals surface area contributed by atoms with Crippen molar-refractivity contribution in [3.63, 3.8) is 0 Å². The highest BCUT2D eigenvalue weighted by Gasteiger charge is 2.53. The average Bonchev–Trinajstić information content (AvgIpc) is 3.90. The smallest absolute Gasteiger partial charge is 0.248 e. The Morgan fingerprint density at radius 2 is 1.54 bits per heavy atom. The Kier molecular flexibility index (Phi) is 5.71. The average molecular weight is 564 g/mol. The molecule has 6 aliphatic rings. The van der Waals surface area contributed by atoms with Crippen LogP contribution < -0.4 is 4.90 Å². The van der Waals surface area contributed by atoms with Crippen LogP contribution in [0.25, 0.3) is 11.5 Å². The van der Waals surface area contributed by atoms with Gasteiger partial charge in [0.2, 0.25) is 35.4 Å². The number of carbonyl (C=O) groups is 1. The van der Waals surface area contributed by atoms with Crippen LogP contribution in [-0.2, 0) is 10.2 Å². The van der Waals surface area contributed by atoms with Gasteiger partial charge in [-0.3, -0.25) is 4.79 Å². The number of halogens is 2. The molecule has 0 spiro atoms. The van der Waals surface area contributed by atoms with E-state index in [1.54, 1.807) is 0 Å². The van der Waals surface area contributed by atoms with Gasteiger partial charge in [-0.2, -0.15) is 0 Å². The van der Waals surface area contributed by atoms with Gasteiger partial charge in [0.25, 0.3) is 0 Å². The van der Waals surface area contributed by atoms with Crippen LogP contribution in [0.3, 0.4) is 0 Å². The number of hydrogen-bond acceptors (Lipinski definition) is 7. The summed E-state index contributed by atoms with van der Waals surface area (Å²) < 4.78 is 39.4. The van der Waals surface area contributed by atoms with E-state index in [9.17, 15) is 13.6 Å². The van der Waals surface area contributed by atoms with E-state index in [0.717, 1.165) is 87.2 Å². The molecule has 0 atom stereocenters. The van der Waals surface area contributed by atoms with Crippen LogP contribution in [0, 0.1) is 11.3 Å². The van der Waals surface area contributed by atoms with Crippen molar-refractivity contribution >= 4 is 11.6 Å². The number of hydrogen-bond donors (Lipinski definition) is 0. The Morgan fingerprint density at radius 1 is 0.878 bits per heavy atom. The summed E-state index contributed by atoms with van der Waals surface area (Å²) in [6, 6.07) is 7.68. The van der Waals surface area contributed by atoms with Gasteiger partial charge in [-0.15, -0.1) is 20.4 Å². The Morgan fingerprint density at radius 3 is 2.20 bits per heavy atom. The van der Waals surface area contributed by atoms with Crippen molar-refractivity contribution in [3.8, 4) is 11.5 Å². The SMILES string of the molecule is O=C(CC1CC(F)(F)C1)N(CC12CCC(c3nnc(C4CC4)o3)(CC1)CC2)c1cccc(-c2nnc(C3CC3)o2)c1. The standard InChI is InChI=1S/C31H35F2N5O3/c32-31(33)16-19(17-31)14-24(39)38(23-3-1-2-22(15-23)27-35-34-25(40-27)20-4-5-20)18-29-8-11-30(12-9-29,13-10-29)28-37-36-26(41-28)21-6-7-21/h1-3,15,19-21H,4-14,16-18H2. The van der Waals surface area contributed by atoms with E-state index in [-0.39, 0.29) is 41.9 Å². The first-order valence-electron chi connectivity index (χ1n) is 15.2. The minimum Gasteiger partial charge on any atom is -0.424 e. The van der Waals surface area contributed by atoms with Crippen LogP contribution in [0.1, 0.15) is 113 Å². The molecule has 6 fully saturated rings. The molecule has 6 saturated carbocycles. The fourth-order valence-corrected chi connectivity index (χ4v) is 7.36. The van der Waals surface area contributed by atoms with E-state index in [1.807, 2.05) is 29.2 Å². The zero-order valence-corrected chi connectivity index (χ0v) is 23.2. The van der Waals surface area contributed by atoms with Gasteiger partial charge in [0.1, 0.15) is 0 Å². The van der Waals surface area contributed by atoms with Gasteiger partial charge in [0.05, 0.1) is 0 Å². The first-order chi connectivity index (χ1) is 19.8. The number of rotatable bonds is 9. The summed E-state index contributed by atoms with van der Waals surface area (Å²) in [5.74, 6) is 0.493. The van der Waals surface area contributed by atoms with E-state index >= 15 is 0 Å². The van der Waals surface area contributed by atoms with Gasteiger partial charge in [-0.05, 0) is 93.7 Å². The van der Waals surface area contributed by atoms with E-state index in [0.29, 0.717) is 30.2 Å². The number of nitrogens with zero attached hydrogens (tertiary/aromatic N) is 5. The predicted octanol–water partition coefficient (Wildman–Crippen LogP) is 6.94. The molecule has 9 rings (SSSR count). The lowest BCUT2D eigenvalue weighted by atomic mass is 9.53. The monoisotopic (exact) mass is 563 g/mol. The molecular formula is C31H35F2N5O3. The summed E-state index contributed by atoms with van der Waals surface area (Å²) in [6.45, 7) is 0.572. The first-order valence-corrected chi connectivity index (χ1v) is 15.2. The third-order valence-electron chi connectivity index (χ3n) is 10.4. The summed E-state index contributed by atoms with van der Waals surface area (Å²) in [5, 5.41) is 17.3. The molecule has 1 amide bonds. The minimum absolute atomic E-state index is 0.0278. The zero-order valence-electron chi connectivity index (χ0n) is 23.2. The van der Waals surface area contributed by atoms with Crippen LogP contribution in [0.4, 0.5) is 14.5 Å². The van der Waals surface area contributed by atoms with Crippen LogP contribution in [0.5, 0.6) is 0 Å². The predicted molar refractivity (Wildman–Crippen MR) is 144 cm³/mol. The van der Waals surface area contributed by atoms with E-state index in [4.69, 9.17) is 8.83 Å². The molecule has 6 aliphatic carbocycles. The van der Waals surface area contributed by atoms with Gasteiger partial charge in [-0.25, -0.2) is 8.78 Å². The second-order valence-electron chi connectivity index (χ2n) is 13.6. The van der Waals surface area contributed by atoms with Crippen molar-refractivity contribution in [1.82, 2.24) is 20.4 Å². The third-order valence-corrected chi connectivity index (χ3v) is 10.4. The van der Waals surface area contributed by atoms with Crippen LogP contribution in [-0.4, -0.2) is 38.8 Å². The van der Waals surface area contributed by atoms with Crippen molar-refractivity contribution < 1.29 is 22.4 Å². The molecule has 0 radical (unpaired) electrons. The number of aromatic nitrogens is 4. The van der Waals surface area contributed by atoms with Gasteiger partial charge < -0.3 is 13.7 Å². The fourth-order valence-electron chi connectivity index (χ4n) is 7.36. The summed E-state index contributed by atoms with van der Waals surface area (Å²) in [5.41, 5.74) is 1.43. The molecule has 1 aromatic carbocycles. The molecule has 2 bridgehead atoms. The maximum Gasteiger partial charge on any atom is 0.248 e. The number of alkyl halides is 2. The summed E-state index contributed by atoms with van der Waals surface area (Å²) >= 11 is 0. The fraction of sp³-hybridized carbons (Fsp3) is 0.645. The van der Waals surface area contributed by atoms with Gasteiger partial charge in [-0.1, -0.05) is 6.07 Å². The molecular weight excluding hydrogens is 528 g/mol. The van der Waals surface area contributed by atoms with Crippen molar-refractivity contribution in [3.05, 3.63) is 41.9 Å². The second-order valence-corrected chi connectivity index (χ2v) is 13.6.